The summed E-state index contributed by atoms with van der Waals surface area (Å²) in [6.07, 6.45) is 1.08. The van der Waals surface area contributed by atoms with E-state index in [4.69, 9.17) is 12.2 Å². The second kappa shape index (κ2) is 9.58. The first-order valence-corrected chi connectivity index (χ1v) is 9.38. The van der Waals surface area contributed by atoms with Gasteiger partial charge in [-0.3, -0.25) is 0 Å². The zero-order valence-electron chi connectivity index (χ0n) is 13.7. The summed E-state index contributed by atoms with van der Waals surface area (Å²) in [6, 6.07) is 18.8. The fourth-order valence-corrected chi connectivity index (χ4v) is 3.35. The van der Waals surface area contributed by atoms with Crippen molar-refractivity contribution < 1.29 is 0 Å². The molecule has 122 valence electrons. The van der Waals surface area contributed by atoms with Crippen molar-refractivity contribution in [2.75, 3.05) is 17.6 Å². The average molecular weight is 345 g/mol. The molecule has 2 aromatic carbocycles. The van der Waals surface area contributed by atoms with Gasteiger partial charge in [0.25, 0.3) is 0 Å². The molecular formula is C19H24N2S2. The molecule has 0 spiro atoms. The molecule has 0 unspecified atom stereocenters. The van der Waals surface area contributed by atoms with Gasteiger partial charge in [-0.05, 0) is 54.1 Å². The van der Waals surface area contributed by atoms with Crippen LogP contribution in [0.15, 0.2) is 59.5 Å². The van der Waals surface area contributed by atoms with Gasteiger partial charge in [-0.25, -0.2) is 0 Å². The van der Waals surface area contributed by atoms with Crippen LogP contribution in [0.25, 0.3) is 0 Å². The van der Waals surface area contributed by atoms with Crippen LogP contribution in [0.4, 0.5) is 5.69 Å². The van der Waals surface area contributed by atoms with Gasteiger partial charge in [0, 0.05) is 17.1 Å². The number of rotatable bonds is 7. The molecular weight excluding hydrogens is 320 g/mol. The first-order valence-electron chi connectivity index (χ1n) is 7.98. The highest BCUT2D eigenvalue weighted by molar-refractivity contribution is 7.99. The lowest BCUT2D eigenvalue weighted by Gasteiger charge is -2.16. The minimum Gasteiger partial charge on any atom is -0.362 e. The quantitative estimate of drug-likeness (QED) is 0.405. The van der Waals surface area contributed by atoms with Crippen LogP contribution in [-0.2, 0) is 0 Å². The summed E-state index contributed by atoms with van der Waals surface area (Å²) in [7, 11) is 0. The number of hydrogen-bond acceptors (Lipinski definition) is 2. The summed E-state index contributed by atoms with van der Waals surface area (Å²) in [6.45, 7) is 5.27. The normalized spacial score (nSPS) is 10.6. The zero-order valence-corrected chi connectivity index (χ0v) is 15.3. The van der Waals surface area contributed by atoms with Crippen molar-refractivity contribution in [3.05, 3.63) is 60.2 Å². The molecule has 0 aromatic heterocycles. The third-order valence-corrected chi connectivity index (χ3v) is 4.79. The summed E-state index contributed by atoms with van der Waals surface area (Å²) in [5.41, 5.74) is 2.38. The minimum absolute atomic E-state index is 0.476. The standard InChI is InChI=1S/C19H24N2S2/c1-15(2)17-11-6-7-12-18(17)21-19(22)20-13-8-14-23-16-9-4-3-5-10-16/h3-7,9-12,15H,8,13-14H2,1-2H3,(H2,20,21,22). The molecule has 2 rings (SSSR count). The second-order valence-electron chi connectivity index (χ2n) is 5.64. The third kappa shape index (κ3) is 6.24. The van der Waals surface area contributed by atoms with Gasteiger partial charge in [0.2, 0.25) is 0 Å². The van der Waals surface area contributed by atoms with E-state index in [9.17, 15) is 0 Å². The maximum absolute atomic E-state index is 5.40. The topological polar surface area (TPSA) is 24.1 Å². The molecule has 0 saturated carbocycles. The molecule has 0 atom stereocenters. The van der Waals surface area contributed by atoms with Gasteiger partial charge in [0.05, 0.1) is 0 Å². The van der Waals surface area contributed by atoms with Crippen LogP contribution in [-0.4, -0.2) is 17.4 Å². The number of nitrogens with one attached hydrogen (secondary N) is 2. The van der Waals surface area contributed by atoms with E-state index in [1.807, 2.05) is 23.9 Å². The molecule has 0 aliphatic heterocycles. The highest BCUT2D eigenvalue weighted by Crippen LogP contribution is 2.23. The largest absolute Gasteiger partial charge is 0.362 e. The molecule has 23 heavy (non-hydrogen) atoms. The van der Waals surface area contributed by atoms with E-state index < -0.39 is 0 Å². The van der Waals surface area contributed by atoms with Crippen LogP contribution in [0.3, 0.4) is 0 Å². The van der Waals surface area contributed by atoms with E-state index in [-0.39, 0.29) is 0 Å². The van der Waals surface area contributed by atoms with E-state index in [2.05, 4.69) is 66.9 Å². The van der Waals surface area contributed by atoms with Gasteiger partial charge >= 0.3 is 0 Å². The predicted molar refractivity (Wildman–Crippen MR) is 107 cm³/mol. The highest BCUT2D eigenvalue weighted by Gasteiger charge is 2.06. The maximum atomic E-state index is 5.40. The van der Waals surface area contributed by atoms with E-state index >= 15 is 0 Å². The number of anilines is 1. The maximum Gasteiger partial charge on any atom is 0.170 e. The first kappa shape index (κ1) is 17.8. The van der Waals surface area contributed by atoms with Crippen molar-refractivity contribution in [1.29, 1.82) is 0 Å². The first-order chi connectivity index (χ1) is 11.2. The Kier molecular flexibility index (Phi) is 7.43. The van der Waals surface area contributed by atoms with Crippen molar-refractivity contribution in [3.8, 4) is 0 Å². The molecule has 0 aliphatic rings. The molecule has 4 heteroatoms. The molecule has 2 N–H and O–H groups in total. The van der Waals surface area contributed by atoms with Crippen LogP contribution in [0, 0.1) is 0 Å². The molecule has 2 nitrogen and oxygen atoms in total. The van der Waals surface area contributed by atoms with Gasteiger partial charge in [0.15, 0.2) is 5.11 Å². The van der Waals surface area contributed by atoms with E-state index in [1.54, 1.807) is 0 Å². The fourth-order valence-electron chi connectivity index (χ4n) is 2.26. The van der Waals surface area contributed by atoms with Crippen LogP contribution in [0.2, 0.25) is 0 Å². The molecule has 0 aliphatic carbocycles. The van der Waals surface area contributed by atoms with E-state index in [0.29, 0.717) is 11.0 Å². The molecule has 0 amide bonds. The molecule has 0 bridgehead atoms. The van der Waals surface area contributed by atoms with Crippen LogP contribution in [0.1, 0.15) is 31.7 Å². The third-order valence-electron chi connectivity index (χ3n) is 3.45. The van der Waals surface area contributed by atoms with Crippen molar-refractivity contribution in [2.24, 2.45) is 0 Å². The van der Waals surface area contributed by atoms with Crippen molar-refractivity contribution in [2.45, 2.75) is 31.1 Å². The predicted octanol–water partition coefficient (Wildman–Crippen LogP) is 5.28. The van der Waals surface area contributed by atoms with Gasteiger partial charge in [-0.1, -0.05) is 50.2 Å². The summed E-state index contributed by atoms with van der Waals surface area (Å²) < 4.78 is 0. The smallest absolute Gasteiger partial charge is 0.170 e. The summed E-state index contributed by atoms with van der Waals surface area (Å²) in [5.74, 6) is 1.56. The summed E-state index contributed by atoms with van der Waals surface area (Å²) in [4.78, 5) is 1.32. The van der Waals surface area contributed by atoms with Gasteiger partial charge < -0.3 is 10.6 Å². The Hall–Kier alpha value is -1.52. The molecule has 0 radical (unpaired) electrons. The van der Waals surface area contributed by atoms with Gasteiger partial charge in [-0.2, -0.15) is 0 Å². The van der Waals surface area contributed by atoms with Gasteiger partial charge in [-0.15, -0.1) is 11.8 Å². The van der Waals surface area contributed by atoms with Crippen LogP contribution in [0.5, 0.6) is 0 Å². The second-order valence-corrected chi connectivity index (χ2v) is 7.21. The Labute approximate surface area is 149 Å². The van der Waals surface area contributed by atoms with E-state index in [1.165, 1.54) is 10.5 Å². The Morgan fingerprint density at radius 3 is 2.48 bits per heavy atom. The minimum atomic E-state index is 0.476. The molecule has 0 saturated heterocycles. The Bertz CT molecular complexity index is 612. The fraction of sp³-hybridized carbons (Fsp3) is 0.316. The van der Waals surface area contributed by atoms with Gasteiger partial charge in [0.1, 0.15) is 0 Å². The number of para-hydroxylation sites is 1. The Morgan fingerprint density at radius 2 is 1.74 bits per heavy atom. The van der Waals surface area contributed by atoms with Crippen molar-refractivity contribution >= 4 is 34.8 Å². The zero-order chi connectivity index (χ0) is 16.5. The summed E-state index contributed by atoms with van der Waals surface area (Å²) >= 11 is 7.27. The number of benzene rings is 2. The molecule has 2 aromatic rings. The average Bonchev–Trinajstić information content (AvgIpc) is 2.56. The van der Waals surface area contributed by atoms with Crippen molar-refractivity contribution in [1.82, 2.24) is 5.32 Å². The lowest BCUT2D eigenvalue weighted by atomic mass is 10.0. The Balaban J connectivity index is 1.69. The SMILES string of the molecule is CC(C)c1ccccc1NC(=S)NCCCSc1ccccc1. The summed E-state index contributed by atoms with van der Waals surface area (Å²) in [5, 5.41) is 7.30. The molecule has 0 heterocycles. The number of thiocarbonyl (C=S) groups is 1. The van der Waals surface area contributed by atoms with Crippen molar-refractivity contribution in [3.63, 3.8) is 0 Å². The highest BCUT2D eigenvalue weighted by atomic mass is 32.2. The number of hydrogen-bond donors (Lipinski definition) is 2. The lowest BCUT2D eigenvalue weighted by molar-refractivity contribution is 0.851. The van der Waals surface area contributed by atoms with E-state index in [0.717, 1.165) is 24.4 Å². The van der Waals surface area contributed by atoms with Crippen LogP contribution < -0.4 is 10.6 Å². The lowest BCUT2D eigenvalue weighted by Crippen LogP contribution is -2.29. The molecule has 0 fully saturated rings. The monoisotopic (exact) mass is 344 g/mol. The van der Waals surface area contributed by atoms with Crippen LogP contribution >= 0.6 is 24.0 Å². The Morgan fingerprint density at radius 1 is 1.04 bits per heavy atom. The number of thioether (sulfide) groups is 1.